The second-order valence-corrected chi connectivity index (χ2v) is 11.4. The van der Waals surface area contributed by atoms with Crippen LogP contribution >= 0.6 is 0 Å². The summed E-state index contributed by atoms with van der Waals surface area (Å²) in [7, 11) is 0. The zero-order valence-corrected chi connectivity index (χ0v) is 18.8. The van der Waals surface area contributed by atoms with Gasteiger partial charge in [-0.1, -0.05) is 26.3 Å². The van der Waals surface area contributed by atoms with E-state index in [0.29, 0.717) is 51.0 Å². The second kappa shape index (κ2) is 6.90. The van der Waals surface area contributed by atoms with E-state index in [9.17, 15) is 14.7 Å². The van der Waals surface area contributed by atoms with Gasteiger partial charge in [-0.15, -0.1) is 0 Å². The van der Waals surface area contributed by atoms with E-state index in [-0.39, 0.29) is 28.4 Å². The molecule has 0 radical (unpaired) electrons. The number of carbonyl (C=O) groups excluding carboxylic acids is 2. The van der Waals surface area contributed by atoms with Crippen molar-refractivity contribution in [3.63, 3.8) is 0 Å². The summed E-state index contributed by atoms with van der Waals surface area (Å²) < 4.78 is 5.47. The van der Waals surface area contributed by atoms with E-state index >= 15 is 0 Å². The molecule has 4 aliphatic carbocycles. The van der Waals surface area contributed by atoms with Crippen LogP contribution < -0.4 is 0 Å². The molecule has 0 aromatic rings. The van der Waals surface area contributed by atoms with Crippen molar-refractivity contribution in [3.05, 3.63) is 11.6 Å². The Kier molecular flexibility index (Phi) is 4.76. The Morgan fingerprint density at radius 3 is 2.60 bits per heavy atom. The number of amides is 1. The number of allylic oxidation sites excluding steroid dienone is 1. The summed E-state index contributed by atoms with van der Waals surface area (Å²) in [6, 6.07) is 0. The Balaban J connectivity index is 1.47. The molecule has 1 amide bonds. The van der Waals surface area contributed by atoms with E-state index in [4.69, 9.17) is 4.74 Å². The number of rotatable bonds is 1. The molecular weight excluding hydrogens is 378 g/mol. The van der Waals surface area contributed by atoms with Crippen molar-refractivity contribution < 1.29 is 19.4 Å². The minimum atomic E-state index is -0.416. The Bertz CT molecular complexity index is 786. The van der Waals surface area contributed by atoms with Crippen molar-refractivity contribution in [1.82, 2.24) is 4.90 Å². The maximum absolute atomic E-state index is 13.7. The predicted octanol–water partition coefficient (Wildman–Crippen LogP) is 3.35. The van der Waals surface area contributed by atoms with Gasteiger partial charge in [-0.2, -0.15) is 0 Å². The zero-order valence-electron chi connectivity index (χ0n) is 18.8. The summed E-state index contributed by atoms with van der Waals surface area (Å²) >= 11 is 0. The standard InChI is InChI=1S/C25H37NO4/c1-23-8-6-17(27)14-16(23)4-5-18-19-7-9-24(2,22(29)26-10-12-30-13-11-26)25(19,3)15-20(28)21(18)23/h14,18-21,28H,4-13,15H2,1-3H3/t18?,19?,20?,21?,23?,24-,25?/m1/s1. The molecule has 4 fully saturated rings. The highest BCUT2D eigenvalue weighted by Gasteiger charge is 2.67. The van der Waals surface area contributed by atoms with E-state index in [0.717, 1.165) is 32.1 Å². The molecular formula is C25H37NO4. The van der Waals surface area contributed by atoms with E-state index < -0.39 is 11.5 Å². The fraction of sp³-hybridized carbons (Fsp3) is 0.840. The highest BCUT2D eigenvalue weighted by molar-refractivity contribution is 5.91. The number of hydrogen-bond acceptors (Lipinski definition) is 4. The molecule has 1 aliphatic heterocycles. The Morgan fingerprint density at radius 1 is 1.13 bits per heavy atom. The molecule has 5 heteroatoms. The van der Waals surface area contributed by atoms with Crippen LogP contribution in [0.4, 0.5) is 0 Å². The van der Waals surface area contributed by atoms with Gasteiger partial charge >= 0.3 is 0 Å². The molecule has 166 valence electrons. The topological polar surface area (TPSA) is 66.8 Å². The summed E-state index contributed by atoms with van der Waals surface area (Å²) in [6.07, 6.45) is 7.64. The first-order valence-corrected chi connectivity index (χ1v) is 12.0. The number of ketones is 1. The summed E-state index contributed by atoms with van der Waals surface area (Å²) in [4.78, 5) is 27.8. The molecule has 1 saturated heterocycles. The van der Waals surface area contributed by atoms with Crippen molar-refractivity contribution in [3.8, 4) is 0 Å². The maximum Gasteiger partial charge on any atom is 0.229 e. The molecule has 0 spiro atoms. The molecule has 0 aromatic carbocycles. The molecule has 0 bridgehead atoms. The Labute approximate surface area is 180 Å². The van der Waals surface area contributed by atoms with Crippen LogP contribution in [0.1, 0.15) is 65.7 Å². The van der Waals surface area contributed by atoms with Gasteiger partial charge in [0.2, 0.25) is 5.91 Å². The fourth-order valence-electron chi connectivity index (χ4n) is 8.40. The van der Waals surface area contributed by atoms with Gasteiger partial charge in [0.05, 0.1) is 24.7 Å². The van der Waals surface area contributed by atoms with Crippen molar-refractivity contribution >= 4 is 11.7 Å². The van der Waals surface area contributed by atoms with Crippen molar-refractivity contribution in [2.24, 2.45) is 34.0 Å². The largest absolute Gasteiger partial charge is 0.393 e. The first-order valence-electron chi connectivity index (χ1n) is 12.0. The highest BCUT2D eigenvalue weighted by atomic mass is 16.5. The van der Waals surface area contributed by atoms with Crippen LogP contribution in [-0.2, 0) is 14.3 Å². The number of aliphatic hydroxyl groups excluding tert-OH is 1. The maximum atomic E-state index is 13.7. The number of morpholine rings is 1. The average molecular weight is 416 g/mol. The van der Waals surface area contributed by atoms with Crippen LogP contribution in [0.3, 0.4) is 0 Å². The van der Waals surface area contributed by atoms with E-state index in [1.807, 2.05) is 11.0 Å². The predicted molar refractivity (Wildman–Crippen MR) is 114 cm³/mol. The lowest BCUT2D eigenvalue weighted by molar-refractivity contribution is -0.170. The summed E-state index contributed by atoms with van der Waals surface area (Å²) in [5, 5.41) is 11.6. The molecule has 7 atom stereocenters. The van der Waals surface area contributed by atoms with Crippen LogP contribution in [0, 0.1) is 34.0 Å². The number of fused-ring (bicyclic) bond motifs is 5. The SMILES string of the molecule is CC12CCC(=O)C=C1CCC1C2C(O)CC2(C)C1CC[C@]2(C)C(=O)N1CCOCC1. The molecule has 0 aromatic heterocycles. The third-order valence-electron chi connectivity index (χ3n) is 10.3. The molecule has 6 unspecified atom stereocenters. The summed E-state index contributed by atoms with van der Waals surface area (Å²) in [6.45, 7) is 9.38. The third-order valence-corrected chi connectivity index (χ3v) is 10.3. The van der Waals surface area contributed by atoms with Gasteiger partial charge in [0.15, 0.2) is 5.78 Å². The Hall–Kier alpha value is -1.20. The molecule has 3 saturated carbocycles. The van der Waals surface area contributed by atoms with E-state index in [1.165, 1.54) is 5.57 Å². The van der Waals surface area contributed by atoms with Crippen LogP contribution in [0.25, 0.3) is 0 Å². The summed E-state index contributed by atoms with van der Waals surface area (Å²) in [5.41, 5.74) is 0.615. The highest BCUT2D eigenvalue weighted by Crippen LogP contribution is 2.70. The summed E-state index contributed by atoms with van der Waals surface area (Å²) in [5.74, 6) is 1.64. The molecule has 5 aliphatic rings. The molecule has 1 heterocycles. The third kappa shape index (κ3) is 2.67. The van der Waals surface area contributed by atoms with Gasteiger partial charge in [-0.05, 0) is 73.2 Å². The normalized spacial score (nSPS) is 48.5. The molecule has 1 N–H and O–H groups in total. The lowest BCUT2D eigenvalue weighted by atomic mass is 9.44. The average Bonchev–Trinajstić information content (AvgIpc) is 3.00. The van der Waals surface area contributed by atoms with Crippen LogP contribution in [0.5, 0.6) is 0 Å². The molecule has 5 nitrogen and oxygen atoms in total. The minimum Gasteiger partial charge on any atom is -0.393 e. The number of ether oxygens (including phenoxy) is 1. The fourth-order valence-corrected chi connectivity index (χ4v) is 8.40. The van der Waals surface area contributed by atoms with Crippen LogP contribution in [-0.4, -0.2) is 54.1 Å². The van der Waals surface area contributed by atoms with Gasteiger partial charge < -0.3 is 14.7 Å². The smallest absolute Gasteiger partial charge is 0.229 e. The first-order chi connectivity index (χ1) is 14.2. The van der Waals surface area contributed by atoms with Crippen LogP contribution in [0.15, 0.2) is 11.6 Å². The number of hydrogen-bond donors (Lipinski definition) is 1. The van der Waals surface area contributed by atoms with Gasteiger partial charge in [0.25, 0.3) is 0 Å². The lowest BCUT2D eigenvalue weighted by Gasteiger charge is -2.61. The Morgan fingerprint density at radius 2 is 1.87 bits per heavy atom. The van der Waals surface area contributed by atoms with Crippen LogP contribution in [0.2, 0.25) is 0 Å². The quantitative estimate of drug-likeness (QED) is 0.713. The monoisotopic (exact) mass is 415 g/mol. The van der Waals surface area contributed by atoms with Gasteiger partial charge in [-0.3, -0.25) is 9.59 Å². The van der Waals surface area contributed by atoms with Gasteiger partial charge in [0, 0.05) is 19.5 Å². The minimum absolute atomic E-state index is 0.0647. The van der Waals surface area contributed by atoms with Crippen molar-refractivity contribution in [2.45, 2.75) is 71.8 Å². The molecule has 5 rings (SSSR count). The van der Waals surface area contributed by atoms with Crippen molar-refractivity contribution in [2.75, 3.05) is 26.3 Å². The second-order valence-electron chi connectivity index (χ2n) is 11.4. The van der Waals surface area contributed by atoms with Gasteiger partial charge in [-0.25, -0.2) is 0 Å². The number of aliphatic hydroxyl groups is 1. The van der Waals surface area contributed by atoms with Crippen molar-refractivity contribution in [1.29, 1.82) is 0 Å². The molecule has 30 heavy (non-hydrogen) atoms. The zero-order chi connectivity index (χ0) is 21.3. The first kappa shape index (κ1) is 20.7. The van der Waals surface area contributed by atoms with E-state index in [2.05, 4.69) is 20.8 Å². The number of nitrogens with zero attached hydrogens (tertiary/aromatic N) is 1. The number of carbonyl (C=O) groups is 2. The lowest BCUT2D eigenvalue weighted by Crippen LogP contribution is -2.60. The van der Waals surface area contributed by atoms with E-state index in [1.54, 1.807) is 0 Å². The van der Waals surface area contributed by atoms with Gasteiger partial charge in [0.1, 0.15) is 0 Å².